The lowest BCUT2D eigenvalue weighted by molar-refractivity contribution is -0.343. The first kappa shape index (κ1) is 27.9. The summed E-state index contributed by atoms with van der Waals surface area (Å²) in [5, 5.41) is 0. The van der Waals surface area contributed by atoms with Crippen LogP contribution in [0.15, 0.2) is 11.1 Å². The summed E-state index contributed by atoms with van der Waals surface area (Å²) in [7, 11) is 0. The van der Waals surface area contributed by atoms with Gasteiger partial charge in [0, 0.05) is 12.0 Å². The number of halogens is 7. The molecular weight excluding hydrogens is 485 g/mol. The molecule has 3 fully saturated rings. The number of carbonyl (C=O) groups is 1. The van der Waals surface area contributed by atoms with Gasteiger partial charge in [-0.15, -0.1) is 0 Å². The molecule has 7 atom stereocenters. The summed E-state index contributed by atoms with van der Waals surface area (Å²) in [6.07, 6.45) is -6.45. The van der Waals surface area contributed by atoms with Crippen molar-refractivity contribution in [3.8, 4) is 0 Å². The second-order valence-corrected chi connectivity index (χ2v) is 12.7. The van der Waals surface area contributed by atoms with Crippen LogP contribution in [0.2, 0.25) is 0 Å². The Morgan fingerprint density at radius 2 is 1.61 bits per heavy atom. The van der Waals surface area contributed by atoms with Gasteiger partial charge in [0.1, 0.15) is 0 Å². The molecule has 0 N–H and O–H groups in total. The first-order chi connectivity index (χ1) is 16.5. The fraction of sp³-hybridized carbons (Fsp3) is 0.893. The van der Waals surface area contributed by atoms with E-state index in [1.54, 1.807) is 6.92 Å². The molecule has 0 amide bonds. The average Bonchev–Trinajstić information content (AvgIpc) is 3.03. The van der Waals surface area contributed by atoms with Crippen LogP contribution in [0, 0.1) is 40.4 Å². The number of hydrogen-bond acceptors (Lipinski definition) is 1. The minimum Gasteiger partial charge on any atom is -0.295 e. The second-order valence-electron chi connectivity index (χ2n) is 12.7. The quantitative estimate of drug-likeness (QED) is 0.328. The maximum Gasteiger partial charge on any atom is 0.431 e. The van der Waals surface area contributed by atoms with Crippen LogP contribution in [-0.4, -0.2) is 23.8 Å². The minimum atomic E-state index is -6.01. The normalized spacial score (nSPS) is 38.5. The Morgan fingerprint density at radius 3 is 2.22 bits per heavy atom. The van der Waals surface area contributed by atoms with Crippen molar-refractivity contribution >= 4 is 5.78 Å². The van der Waals surface area contributed by atoms with Crippen LogP contribution in [0.4, 0.5) is 30.7 Å². The van der Waals surface area contributed by atoms with Gasteiger partial charge >= 0.3 is 12.4 Å². The Labute approximate surface area is 209 Å². The van der Waals surface area contributed by atoms with Gasteiger partial charge in [-0.1, -0.05) is 52.5 Å². The van der Waals surface area contributed by atoms with Gasteiger partial charge in [-0.25, -0.2) is 4.39 Å². The molecule has 0 aliphatic heterocycles. The predicted molar refractivity (Wildman–Crippen MR) is 124 cm³/mol. The third kappa shape index (κ3) is 4.06. The Balaban J connectivity index is 1.54. The number of fused-ring (bicyclic) bond motifs is 4. The molecule has 1 unspecified atom stereocenters. The molecule has 3 saturated carbocycles. The SMILES string of the molecule is CC1CCC[C@@H]2CCC3=C4C(=O)C[C@H]([C@H](C)CCCC(F)(C(F)(F)F)C(F)(F)F)[C@@]4(C)CC[C@@H]3[C@@]12C. The smallest absolute Gasteiger partial charge is 0.295 e. The topological polar surface area (TPSA) is 17.1 Å². The fourth-order valence-electron chi connectivity index (χ4n) is 8.92. The van der Waals surface area contributed by atoms with E-state index in [-0.39, 0.29) is 35.9 Å². The van der Waals surface area contributed by atoms with E-state index in [9.17, 15) is 35.5 Å². The summed E-state index contributed by atoms with van der Waals surface area (Å²) in [4.78, 5) is 13.4. The van der Waals surface area contributed by atoms with Gasteiger partial charge in [0.25, 0.3) is 5.67 Å². The van der Waals surface area contributed by atoms with Crippen LogP contribution in [0.5, 0.6) is 0 Å². The molecule has 8 heteroatoms. The predicted octanol–water partition coefficient (Wildman–Crippen LogP) is 9.16. The Bertz CT molecular complexity index is 889. The summed E-state index contributed by atoms with van der Waals surface area (Å²) < 4.78 is 91.8. The van der Waals surface area contributed by atoms with E-state index in [2.05, 4.69) is 20.8 Å². The van der Waals surface area contributed by atoms with Crippen molar-refractivity contribution in [3.63, 3.8) is 0 Å². The number of rotatable bonds is 5. The first-order valence-electron chi connectivity index (χ1n) is 13.6. The highest BCUT2D eigenvalue weighted by Gasteiger charge is 2.71. The zero-order valence-corrected chi connectivity index (χ0v) is 21.7. The Morgan fingerprint density at radius 1 is 0.972 bits per heavy atom. The second kappa shape index (κ2) is 9.00. The standard InChI is InChI=1S/C28H39F7O/c1-16(7-6-13-26(29,27(30,31)32)28(33,34)35)21-15-22(36)23-19-11-10-18-9-5-8-17(2)25(18,4)20(19)12-14-24(21,23)3/h16-18,20-21H,5-15H2,1-4H3/t16-,17?,18-,20+,21-,24-,25+/m1/s1. The van der Waals surface area contributed by atoms with Gasteiger partial charge in [-0.3, -0.25) is 4.79 Å². The van der Waals surface area contributed by atoms with Crippen molar-refractivity contribution in [2.24, 2.45) is 40.4 Å². The number of Topliss-reactive ketones (excluding diaryl/α,β-unsaturated/α-hetero) is 1. The third-order valence-electron chi connectivity index (χ3n) is 11.2. The van der Waals surface area contributed by atoms with Crippen LogP contribution in [0.25, 0.3) is 0 Å². The Hall–Kier alpha value is -1.08. The minimum absolute atomic E-state index is 0.0221. The largest absolute Gasteiger partial charge is 0.431 e. The van der Waals surface area contributed by atoms with Gasteiger partial charge in [0.2, 0.25) is 0 Å². The summed E-state index contributed by atoms with van der Waals surface area (Å²) in [5.41, 5.74) is -3.24. The van der Waals surface area contributed by atoms with Crippen molar-refractivity contribution in [2.45, 2.75) is 116 Å². The molecule has 0 radical (unpaired) electrons. The van der Waals surface area contributed by atoms with Crippen molar-refractivity contribution < 1.29 is 35.5 Å². The van der Waals surface area contributed by atoms with E-state index >= 15 is 0 Å². The number of ketones is 1. The van der Waals surface area contributed by atoms with Gasteiger partial charge in [-0.2, -0.15) is 26.3 Å². The molecule has 4 aliphatic carbocycles. The molecule has 206 valence electrons. The van der Waals surface area contributed by atoms with Gasteiger partial charge in [0.15, 0.2) is 5.78 Å². The highest BCUT2D eigenvalue weighted by atomic mass is 19.4. The van der Waals surface area contributed by atoms with Gasteiger partial charge in [0.05, 0.1) is 0 Å². The van der Waals surface area contributed by atoms with E-state index < -0.39 is 36.3 Å². The molecule has 0 saturated heterocycles. The van der Waals surface area contributed by atoms with Crippen LogP contribution in [0.3, 0.4) is 0 Å². The summed E-state index contributed by atoms with van der Waals surface area (Å²) >= 11 is 0. The lowest BCUT2D eigenvalue weighted by atomic mass is 9.46. The van der Waals surface area contributed by atoms with Crippen molar-refractivity contribution in [1.29, 1.82) is 0 Å². The zero-order valence-electron chi connectivity index (χ0n) is 21.7. The number of alkyl halides is 7. The molecule has 0 aromatic heterocycles. The van der Waals surface area contributed by atoms with Crippen LogP contribution in [-0.2, 0) is 4.79 Å². The first-order valence-corrected chi connectivity index (χ1v) is 13.6. The molecular formula is C28H39F7O. The number of allylic oxidation sites excluding steroid dienone is 2. The lowest BCUT2D eigenvalue weighted by Crippen LogP contribution is -2.53. The molecule has 4 aliphatic rings. The zero-order chi connectivity index (χ0) is 26.9. The van der Waals surface area contributed by atoms with Crippen molar-refractivity contribution in [3.05, 3.63) is 11.1 Å². The summed E-state index contributed by atoms with van der Waals surface area (Å²) in [5.74, 6) is 1.29. The van der Waals surface area contributed by atoms with E-state index in [0.29, 0.717) is 17.8 Å². The van der Waals surface area contributed by atoms with Gasteiger partial charge < -0.3 is 0 Å². The molecule has 36 heavy (non-hydrogen) atoms. The van der Waals surface area contributed by atoms with Gasteiger partial charge in [-0.05, 0) is 85.4 Å². The molecule has 0 aromatic rings. The molecule has 0 bridgehead atoms. The molecule has 1 nitrogen and oxygen atoms in total. The Kier molecular flexibility index (Phi) is 6.98. The molecule has 0 spiro atoms. The monoisotopic (exact) mass is 524 g/mol. The van der Waals surface area contributed by atoms with Crippen LogP contribution >= 0.6 is 0 Å². The highest BCUT2D eigenvalue weighted by Crippen LogP contribution is 2.66. The number of hydrogen-bond donors (Lipinski definition) is 0. The average molecular weight is 525 g/mol. The van der Waals surface area contributed by atoms with E-state index in [1.807, 2.05) is 0 Å². The number of carbonyl (C=O) groups excluding carboxylic acids is 1. The van der Waals surface area contributed by atoms with Crippen LogP contribution < -0.4 is 0 Å². The summed E-state index contributed by atoms with van der Waals surface area (Å²) in [6, 6.07) is 0. The van der Waals surface area contributed by atoms with Crippen molar-refractivity contribution in [2.75, 3.05) is 0 Å². The maximum absolute atomic E-state index is 14.1. The van der Waals surface area contributed by atoms with E-state index in [1.165, 1.54) is 24.8 Å². The van der Waals surface area contributed by atoms with E-state index in [4.69, 9.17) is 0 Å². The fourth-order valence-corrected chi connectivity index (χ4v) is 8.92. The molecule has 0 heterocycles. The van der Waals surface area contributed by atoms with Crippen molar-refractivity contribution in [1.82, 2.24) is 0 Å². The maximum atomic E-state index is 14.1. The van der Waals surface area contributed by atoms with Crippen LogP contribution in [0.1, 0.15) is 98.3 Å². The molecule has 4 rings (SSSR count). The molecule has 0 aromatic carbocycles. The highest BCUT2D eigenvalue weighted by molar-refractivity contribution is 6.00. The third-order valence-corrected chi connectivity index (χ3v) is 11.2. The lowest BCUT2D eigenvalue weighted by Gasteiger charge is -2.58. The van der Waals surface area contributed by atoms with E-state index in [0.717, 1.165) is 31.3 Å². The summed E-state index contributed by atoms with van der Waals surface area (Å²) in [6.45, 7) is 8.60.